The molecule has 1 aromatic heterocycles. The number of ether oxygens (including phenoxy) is 1. The minimum atomic E-state index is -0.164. The molecule has 0 fully saturated rings. The van der Waals surface area contributed by atoms with E-state index in [1.807, 2.05) is 48.2 Å². The van der Waals surface area contributed by atoms with Gasteiger partial charge < -0.3 is 9.64 Å². The molecule has 1 amide bonds. The van der Waals surface area contributed by atoms with E-state index in [9.17, 15) is 9.59 Å². The van der Waals surface area contributed by atoms with Gasteiger partial charge in [-0.15, -0.1) is 0 Å². The molecule has 5 rings (SSSR count). The molecule has 34 heavy (non-hydrogen) atoms. The molecule has 172 valence electrons. The van der Waals surface area contributed by atoms with Crippen LogP contribution in [-0.2, 0) is 17.6 Å². The molecule has 0 radical (unpaired) electrons. The van der Waals surface area contributed by atoms with Crippen molar-refractivity contribution in [2.75, 3.05) is 12.0 Å². The number of carbonyl (C=O) groups is 2. The van der Waals surface area contributed by atoms with Crippen molar-refractivity contribution >= 4 is 40.0 Å². The van der Waals surface area contributed by atoms with Crippen LogP contribution in [-0.4, -0.2) is 29.5 Å². The number of aromatic nitrogens is 1. The minimum Gasteiger partial charge on any atom is -0.497 e. The predicted octanol–water partition coefficient (Wildman–Crippen LogP) is 5.82. The maximum absolute atomic E-state index is 13.6. The lowest BCUT2D eigenvalue weighted by Gasteiger charge is -2.23. The summed E-state index contributed by atoms with van der Waals surface area (Å²) >= 11 is 6.02. The zero-order valence-electron chi connectivity index (χ0n) is 19.3. The Hall–Kier alpha value is -3.57. The number of rotatable bonds is 4. The first-order valence-electron chi connectivity index (χ1n) is 11.3. The Labute approximate surface area is 203 Å². The van der Waals surface area contributed by atoms with Gasteiger partial charge in [-0.1, -0.05) is 29.8 Å². The van der Waals surface area contributed by atoms with Gasteiger partial charge in [0.2, 0.25) is 5.91 Å². The zero-order valence-corrected chi connectivity index (χ0v) is 20.1. The summed E-state index contributed by atoms with van der Waals surface area (Å²) in [4.78, 5) is 29.0. The number of benzene rings is 3. The van der Waals surface area contributed by atoms with Crippen LogP contribution in [0.3, 0.4) is 0 Å². The quantitative estimate of drug-likeness (QED) is 0.376. The number of hydrogen-bond acceptors (Lipinski definition) is 3. The Bertz CT molecular complexity index is 1420. The van der Waals surface area contributed by atoms with Gasteiger partial charge in [-0.25, -0.2) is 0 Å². The second-order valence-corrected chi connectivity index (χ2v) is 9.15. The number of methoxy groups -OCH3 is 1. The van der Waals surface area contributed by atoms with Crippen LogP contribution < -0.4 is 9.64 Å². The summed E-state index contributed by atoms with van der Waals surface area (Å²) in [6.07, 6.45) is 1.03. The summed E-state index contributed by atoms with van der Waals surface area (Å²) in [5.74, 6) is 0.529. The van der Waals surface area contributed by atoms with Crippen molar-refractivity contribution in [3.8, 4) is 5.75 Å². The van der Waals surface area contributed by atoms with E-state index in [1.54, 1.807) is 35.9 Å². The third-order valence-electron chi connectivity index (χ3n) is 6.64. The normalized spacial score (nSPS) is 14.9. The van der Waals surface area contributed by atoms with E-state index in [-0.39, 0.29) is 24.3 Å². The van der Waals surface area contributed by atoms with E-state index in [2.05, 4.69) is 13.0 Å². The zero-order chi connectivity index (χ0) is 24.0. The Balaban J connectivity index is 1.60. The van der Waals surface area contributed by atoms with Crippen molar-refractivity contribution in [2.45, 2.75) is 32.7 Å². The number of nitrogens with zero attached hydrogens (tertiary/aromatic N) is 2. The fraction of sp³-hybridized carbons (Fsp3) is 0.214. The van der Waals surface area contributed by atoms with E-state index in [4.69, 9.17) is 16.3 Å². The molecular formula is C28H25ClN2O3. The molecule has 0 aliphatic carbocycles. The van der Waals surface area contributed by atoms with Crippen LogP contribution in [0.15, 0.2) is 66.7 Å². The van der Waals surface area contributed by atoms with Crippen LogP contribution in [0.4, 0.5) is 5.69 Å². The topological polar surface area (TPSA) is 51.5 Å². The number of hydrogen-bond donors (Lipinski definition) is 0. The molecule has 2 heterocycles. The van der Waals surface area contributed by atoms with E-state index >= 15 is 0 Å². The molecule has 0 saturated heterocycles. The summed E-state index contributed by atoms with van der Waals surface area (Å²) in [5.41, 5.74) is 5.00. The van der Waals surface area contributed by atoms with Crippen LogP contribution >= 0.6 is 11.6 Å². The van der Waals surface area contributed by atoms with E-state index in [1.165, 1.54) is 5.56 Å². The maximum atomic E-state index is 13.6. The van der Waals surface area contributed by atoms with Gasteiger partial charge in [0.05, 0.1) is 19.0 Å². The highest BCUT2D eigenvalue weighted by Gasteiger charge is 2.32. The highest BCUT2D eigenvalue weighted by molar-refractivity contribution is 6.30. The summed E-state index contributed by atoms with van der Waals surface area (Å²) in [7, 11) is 1.61. The SMILES string of the molecule is COc1ccc2c(c1)c(CC(=O)N1c3ccccc3CC1C)c(C)n2C(=O)c1ccc(Cl)cc1. The molecule has 6 heteroatoms. The molecule has 3 aromatic carbocycles. The van der Waals surface area contributed by atoms with Crippen molar-refractivity contribution < 1.29 is 14.3 Å². The van der Waals surface area contributed by atoms with Crippen molar-refractivity contribution in [3.05, 3.63) is 94.1 Å². The average Bonchev–Trinajstić information content (AvgIpc) is 3.31. The van der Waals surface area contributed by atoms with Gasteiger partial charge in [0.15, 0.2) is 0 Å². The summed E-state index contributed by atoms with van der Waals surface area (Å²) in [6, 6.07) is 20.6. The van der Waals surface area contributed by atoms with Crippen molar-refractivity contribution in [1.82, 2.24) is 4.57 Å². The van der Waals surface area contributed by atoms with Crippen LogP contribution in [0.5, 0.6) is 5.75 Å². The average molecular weight is 473 g/mol. The summed E-state index contributed by atoms with van der Waals surface area (Å²) in [6.45, 7) is 3.96. The van der Waals surface area contributed by atoms with E-state index < -0.39 is 0 Å². The Morgan fingerprint density at radius 1 is 1.06 bits per heavy atom. The predicted molar refractivity (Wildman–Crippen MR) is 135 cm³/mol. The molecule has 1 unspecified atom stereocenters. The molecule has 1 aliphatic heterocycles. The fourth-order valence-corrected chi connectivity index (χ4v) is 5.10. The Morgan fingerprint density at radius 3 is 2.53 bits per heavy atom. The number of para-hydroxylation sites is 1. The Kier molecular flexibility index (Phi) is 5.66. The molecule has 1 aliphatic rings. The number of carbonyl (C=O) groups excluding carboxylic acids is 2. The molecule has 0 bridgehead atoms. The van der Waals surface area contributed by atoms with Crippen molar-refractivity contribution in [1.29, 1.82) is 0 Å². The molecule has 5 nitrogen and oxygen atoms in total. The second-order valence-electron chi connectivity index (χ2n) is 8.72. The van der Waals surface area contributed by atoms with E-state index in [0.29, 0.717) is 16.3 Å². The highest BCUT2D eigenvalue weighted by Crippen LogP contribution is 2.35. The number of anilines is 1. The van der Waals surface area contributed by atoms with Gasteiger partial charge >= 0.3 is 0 Å². The lowest BCUT2D eigenvalue weighted by molar-refractivity contribution is -0.118. The fourth-order valence-electron chi connectivity index (χ4n) is 4.98. The first kappa shape index (κ1) is 22.2. The summed E-state index contributed by atoms with van der Waals surface area (Å²) < 4.78 is 7.13. The van der Waals surface area contributed by atoms with Crippen LogP contribution in [0.2, 0.25) is 5.02 Å². The first-order chi connectivity index (χ1) is 16.4. The van der Waals surface area contributed by atoms with Gasteiger partial charge in [-0.3, -0.25) is 14.2 Å². The second kappa shape index (κ2) is 8.65. The largest absolute Gasteiger partial charge is 0.497 e. The van der Waals surface area contributed by atoms with E-state index in [0.717, 1.165) is 34.3 Å². The summed E-state index contributed by atoms with van der Waals surface area (Å²) in [5, 5.41) is 1.41. The van der Waals surface area contributed by atoms with Gasteiger partial charge in [0, 0.05) is 33.4 Å². The molecule has 0 spiro atoms. The maximum Gasteiger partial charge on any atom is 0.262 e. The first-order valence-corrected chi connectivity index (χ1v) is 11.6. The number of fused-ring (bicyclic) bond motifs is 2. The lowest BCUT2D eigenvalue weighted by Crippen LogP contribution is -2.36. The third kappa shape index (κ3) is 3.66. The van der Waals surface area contributed by atoms with Gasteiger partial charge in [-0.2, -0.15) is 0 Å². The highest BCUT2D eigenvalue weighted by atomic mass is 35.5. The Morgan fingerprint density at radius 2 is 1.79 bits per heavy atom. The van der Waals surface area contributed by atoms with Crippen molar-refractivity contribution in [3.63, 3.8) is 0 Å². The van der Waals surface area contributed by atoms with Crippen LogP contribution in [0, 0.1) is 6.92 Å². The molecule has 0 N–H and O–H groups in total. The lowest BCUT2D eigenvalue weighted by atomic mass is 10.1. The van der Waals surface area contributed by atoms with Crippen LogP contribution in [0.1, 0.15) is 34.1 Å². The smallest absolute Gasteiger partial charge is 0.262 e. The number of halogens is 1. The number of amides is 1. The standard InChI is InChI=1S/C28H25ClN2O3/c1-17-14-20-6-4-5-7-25(20)30(17)27(32)16-23-18(2)31(26-13-12-22(34-3)15-24(23)26)28(33)19-8-10-21(29)11-9-19/h4-13,15,17H,14,16H2,1-3H3. The monoisotopic (exact) mass is 472 g/mol. The molecule has 4 aromatic rings. The van der Waals surface area contributed by atoms with Gasteiger partial charge in [0.1, 0.15) is 5.75 Å². The molecular weight excluding hydrogens is 448 g/mol. The van der Waals surface area contributed by atoms with Crippen molar-refractivity contribution in [2.24, 2.45) is 0 Å². The minimum absolute atomic E-state index is 0.0151. The van der Waals surface area contributed by atoms with Gasteiger partial charge in [-0.05, 0) is 79.9 Å². The molecule has 0 saturated carbocycles. The molecule has 1 atom stereocenters. The van der Waals surface area contributed by atoms with Crippen LogP contribution in [0.25, 0.3) is 10.9 Å². The van der Waals surface area contributed by atoms with Gasteiger partial charge in [0.25, 0.3) is 5.91 Å². The third-order valence-corrected chi connectivity index (χ3v) is 6.89.